The highest BCUT2D eigenvalue weighted by Gasteiger charge is 2.32. The Morgan fingerprint density at radius 1 is 1.29 bits per heavy atom. The van der Waals surface area contributed by atoms with Crippen molar-refractivity contribution in [2.24, 2.45) is 5.92 Å². The van der Waals surface area contributed by atoms with E-state index in [0.29, 0.717) is 25.8 Å². The van der Waals surface area contributed by atoms with Crippen LogP contribution in [-0.2, 0) is 4.74 Å². The minimum absolute atomic E-state index is 0.504. The number of hydrogen-bond acceptors (Lipinski definition) is 3. The molecule has 1 saturated carbocycles. The van der Waals surface area contributed by atoms with E-state index in [2.05, 4.69) is 12.2 Å². The minimum atomic E-state index is -0.601. The molecule has 2 aliphatic rings. The van der Waals surface area contributed by atoms with Gasteiger partial charge in [0.1, 0.15) is 5.60 Å². The smallest absolute Gasteiger partial charge is 0.102 e. The highest BCUT2D eigenvalue weighted by atomic mass is 16.5. The Balaban J connectivity index is 1.71. The van der Waals surface area contributed by atoms with Crippen molar-refractivity contribution in [1.29, 1.82) is 0 Å². The second-order valence-electron chi connectivity index (χ2n) is 5.89. The van der Waals surface area contributed by atoms with Gasteiger partial charge in [-0.1, -0.05) is 26.2 Å². The summed E-state index contributed by atoms with van der Waals surface area (Å²) in [6, 6.07) is 0.608. The van der Waals surface area contributed by atoms with E-state index in [0.717, 1.165) is 12.3 Å². The van der Waals surface area contributed by atoms with Gasteiger partial charge in [0.25, 0.3) is 0 Å². The van der Waals surface area contributed by atoms with Crippen molar-refractivity contribution in [3.8, 4) is 0 Å². The summed E-state index contributed by atoms with van der Waals surface area (Å²) in [7, 11) is 0. The van der Waals surface area contributed by atoms with E-state index < -0.39 is 5.60 Å². The molecule has 0 aromatic rings. The summed E-state index contributed by atoms with van der Waals surface area (Å²) in [4.78, 5) is 0. The first-order valence-electron chi connectivity index (χ1n) is 7.25. The minimum Gasteiger partial charge on any atom is -0.386 e. The lowest BCUT2D eigenvalue weighted by Crippen LogP contribution is -2.44. The van der Waals surface area contributed by atoms with Crippen molar-refractivity contribution in [3.05, 3.63) is 0 Å². The molecule has 3 unspecified atom stereocenters. The van der Waals surface area contributed by atoms with E-state index in [-0.39, 0.29) is 0 Å². The molecule has 3 atom stereocenters. The maximum atomic E-state index is 10.2. The third kappa shape index (κ3) is 3.94. The van der Waals surface area contributed by atoms with Gasteiger partial charge in [-0.3, -0.25) is 0 Å². The van der Waals surface area contributed by atoms with E-state index in [9.17, 15) is 5.11 Å². The van der Waals surface area contributed by atoms with E-state index in [1.54, 1.807) is 0 Å². The number of ether oxygens (including phenoxy) is 1. The van der Waals surface area contributed by atoms with Crippen molar-refractivity contribution in [2.75, 3.05) is 19.8 Å². The van der Waals surface area contributed by atoms with Crippen molar-refractivity contribution in [3.63, 3.8) is 0 Å². The maximum Gasteiger partial charge on any atom is 0.102 e. The summed E-state index contributed by atoms with van der Waals surface area (Å²) in [6.07, 6.45) is 8.73. The van der Waals surface area contributed by atoms with Crippen LogP contribution in [-0.4, -0.2) is 36.5 Å². The Morgan fingerprint density at radius 3 is 2.88 bits per heavy atom. The Bertz CT molecular complexity index is 226. The van der Waals surface area contributed by atoms with Crippen LogP contribution >= 0.6 is 0 Å². The predicted octanol–water partition coefficient (Wildman–Crippen LogP) is 2.09. The van der Waals surface area contributed by atoms with Crippen LogP contribution in [0.5, 0.6) is 0 Å². The molecular formula is C14H27NO2. The zero-order valence-electron chi connectivity index (χ0n) is 11.1. The molecule has 1 heterocycles. The van der Waals surface area contributed by atoms with Crippen molar-refractivity contribution in [1.82, 2.24) is 5.32 Å². The van der Waals surface area contributed by atoms with Crippen molar-refractivity contribution in [2.45, 2.75) is 63.5 Å². The fourth-order valence-corrected chi connectivity index (χ4v) is 3.06. The lowest BCUT2D eigenvalue weighted by atomic mass is 9.97. The first-order chi connectivity index (χ1) is 8.22. The van der Waals surface area contributed by atoms with Gasteiger partial charge in [-0.2, -0.15) is 0 Å². The van der Waals surface area contributed by atoms with Crippen molar-refractivity contribution < 1.29 is 9.84 Å². The molecule has 1 aliphatic carbocycles. The van der Waals surface area contributed by atoms with Crippen LogP contribution in [0, 0.1) is 5.92 Å². The lowest BCUT2D eigenvalue weighted by molar-refractivity contribution is 0.0244. The average Bonchev–Trinajstić information content (AvgIpc) is 2.64. The monoisotopic (exact) mass is 241 g/mol. The molecule has 3 heteroatoms. The molecule has 1 saturated heterocycles. The van der Waals surface area contributed by atoms with Gasteiger partial charge in [0.05, 0.1) is 6.61 Å². The number of nitrogens with one attached hydrogen (secondary N) is 1. The van der Waals surface area contributed by atoms with Crippen LogP contribution in [0.25, 0.3) is 0 Å². The van der Waals surface area contributed by atoms with E-state index in [1.165, 1.54) is 38.5 Å². The molecule has 2 fully saturated rings. The van der Waals surface area contributed by atoms with Gasteiger partial charge in [0, 0.05) is 25.6 Å². The predicted molar refractivity (Wildman–Crippen MR) is 69.0 cm³/mol. The maximum absolute atomic E-state index is 10.2. The molecular weight excluding hydrogens is 214 g/mol. The Kier molecular flexibility index (Phi) is 4.83. The largest absolute Gasteiger partial charge is 0.386 e. The standard InChI is InChI=1S/C14H27NO2/c1-2-12-4-3-5-13(7-6-12)15-10-14(16)8-9-17-11-14/h12-13,15-16H,2-11H2,1H3. The summed E-state index contributed by atoms with van der Waals surface area (Å²) in [5.41, 5.74) is -0.601. The van der Waals surface area contributed by atoms with Crippen LogP contribution < -0.4 is 5.32 Å². The highest BCUT2D eigenvalue weighted by molar-refractivity contribution is 4.87. The molecule has 2 rings (SSSR count). The zero-order valence-corrected chi connectivity index (χ0v) is 11.1. The number of aliphatic hydroxyl groups is 1. The Morgan fingerprint density at radius 2 is 2.18 bits per heavy atom. The van der Waals surface area contributed by atoms with Gasteiger partial charge >= 0.3 is 0 Å². The summed E-state index contributed by atoms with van der Waals surface area (Å²) in [6.45, 7) is 4.22. The normalized spacial score (nSPS) is 39.2. The fourth-order valence-electron chi connectivity index (χ4n) is 3.06. The van der Waals surface area contributed by atoms with Gasteiger partial charge in [-0.05, 0) is 25.2 Å². The molecule has 0 radical (unpaired) electrons. The Hall–Kier alpha value is -0.120. The molecule has 100 valence electrons. The molecule has 0 aromatic heterocycles. The van der Waals surface area contributed by atoms with Gasteiger partial charge in [-0.15, -0.1) is 0 Å². The van der Waals surface area contributed by atoms with Crippen LogP contribution in [0.3, 0.4) is 0 Å². The third-order valence-electron chi connectivity index (χ3n) is 4.47. The molecule has 0 amide bonds. The molecule has 2 N–H and O–H groups in total. The second-order valence-corrected chi connectivity index (χ2v) is 5.89. The SMILES string of the molecule is CCC1CCCC(NCC2(O)CCOC2)CC1. The van der Waals surface area contributed by atoms with Crippen molar-refractivity contribution >= 4 is 0 Å². The number of rotatable bonds is 4. The van der Waals surface area contributed by atoms with Gasteiger partial charge in [-0.25, -0.2) is 0 Å². The average molecular weight is 241 g/mol. The first kappa shape index (κ1) is 13.3. The first-order valence-corrected chi connectivity index (χ1v) is 7.25. The van der Waals surface area contributed by atoms with E-state index >= 15 is 0 Å². The summed E-state index contributed by atoms with van der Waals surface area (Å²) in [5.74, 6) is 0.930. The molecule has 3 nitrogen and oxygen atoms in total. The second kappa shape index (κ2) is 6.17. The molecule has 0 aromatic carbocycles. The highest BCUT2D eigenvalue weighted by Crippen LogP contribution is 2.26. The third-order valence-corrected chi connectivity index (χ3v) is 4.47. The summed E-state index contributed by atoms with van der Waals surface area (Å²) in [5, 5.41) is 13.8. The van der Waals surface area contributed by atoms with Crippen LogP contribution in [0.15, 0.2) is 0 Å². The van der Waals surface area contributed by atoms with Crippen LogP contribution in [0.2, 0.25) is 0 Å². The fraction of sp³-hybridized carbons (Fsp3) is 1.00. The van der Waals surface area contributed by atoms with E-state index in [1.807, 2.05) is 0 Å². The topological polar surface area (TPSA) is 41.5 Å². The van der Waals surface area contributed by atoms with Crippen LogP contribution in [0.4, 0.5) is 0 Å². The molecule has 17 heavy (non-hydrogen) atoms. The van der Waals surface area contributed by atoms with Gasteiger partial charge in [0.2, 0.25) is 0 Å². The molecule has 0 spiro atoms. The Labute approximate surface area is 105 Å². The number of hydrogen-bond donors (Lipinski definition) is 2. The lowest BCUT2D eigenvalue weighted by Gasteiger charge is -2.25. The van der Waals surface area contributed by atoms with E-state index in [4.69, 9.17) is 4.74 Å². The molecule has 1 aliphatic heterocycles. The van der Waals surface area contributed by atoms with Gasteiger partial charge in [0.15, 0.2) is 0 Å². The molecule has 0 bridgehead atoms. The zero-order chi connectivity index (χ0) is 12.1. The quantitative estimate of drug-likeness (QED) is 0.741. The van der Waals surface area contributed by atoms with Gasteiger partial charge < -0.3 is 15.2 Å². The van der Waals surface area contributed by atoms with Crippen LogP contribution in [0.1, 0.15) is 51.9 Å². The summed E-state index contributed by atoms with van der Waals surface area (Å²) >= 11 is 0. The summed E-state index contributed by atoms with van der Waals surface area (Å²) < 4.78 is 5.27.